The Morgan fingerprint density at radius 1 is 1.22 bits per heavy atom. The van der Waals surface area contributed by atoms with E-state index in [1.165, 1.54) is 16.9 Å². The lowest BCUT2D eigenvalue weighted by molar-refractivity contribution is 0.0692. The van der Waals surface area contributed by atoms with Gasteiger partial charge in [-0.2, -0.15) is 0 Å². The van der Waals surface area contributed by atoms with Gasteiger partial charge in [0.05, 0.1) is 0 Å². The van der Waals surface area contributed by atoms with Crippen LogP contribution in [0.25, 0.3) is 22.1 Å². The lowest BCUT2D eigenvalue weighted by Gasteiger charge is -2.35. The van der Waals surface area contributed by atoms with Gasteiger partial charge in [-0.1, -0.05) is 33.3 Å². The number of hydrogen-bond donors (Lipinski definition) is 1. The molecular formula is C19H15BrN4O2S. The maximum absolute atomic E-state index is 12.0. The fourth-order valence-electron chi connectivity index (χ4n) is 4.29. The Bertz CT molecular complexity index is 1110. The highest BCUT2D eigenvalue weighted by Gasteiger charge is 2.42. The van der Waals surface area contributed by atoms with Gasteiger partial charge in [0.1, 0.15) is 16.5 Å². The third-order valence-corrected chi connectivity index (χ3v) is 7.44. The molecule has 4 aliphatic rings. The van der Waals surface area contributed by atoms with Crippen molar-refractivity contribution in [2.75, 3.05) is 0 Å². The summed E-state index contributed by atoms with van der Waals surface area (Å²) in [5.74, 6) is 0.742. The number of aromatic carboxylic acids is 1. The zero-order valence-corrected chi connectivity index (χ0v) is 16.6. The maximum atomic E-state index is 12.0. The van der Waals surface area contributed by atoms with Crippen molar-refractivity contribution in [3.8, 4) is 22.1 Å². The summed E-state index contributed by atoms with van der Waals surface area (Å²) in [5.41, 5.74) is 2.99. The van der Waals surface area contributed by atoms with Gasteiger partial charge in [0.15, 0.2) is 10.7 Å². The normalized spacial score (nSPS) is 22.6. The third kappa shape index (κ3) is 2.29. The van der Waals surface area contributed by atoms with Gasteiger partial charge in [-0.25, -0.2) is 9.78 Å². The molecule has 27 heavy (non-hydrogen) atoms. The van der Waals surface area contributed by atoms with E-state index < -0.39 is 5.97 Å². The van der Waals surface area contributed by atoms with Gasteiger partial charge in [0, 0.05) is 22.0 Å². The van der Waals surface area contributed by atoms with Crippen LogP contribution in [-0.2, 0) is 0 Å². The largest absolute Gasteiger partial charge is 0.476 e. The van der Waals surface area contributed by atoms with E-state index in [4.69, 9.17) is 0 Å². The number of hydrogen-bond acceptors (Lipinski definition) is 5. The van der Waals surface area contributed by atoms with E-state index in [0.717, 1.165) is 46.6 Å². The van der Waals surface area contributed by atoms with Crippen LogP contribution in [0, 0.1) is 0 Å². The van der Waals surface area contributed by atoms with Crippen LogP contribution in [0.4, 0.5) is 0 Å². The second-order valence-electron chi connectivity index (χ2n) is 7.58. The molecule has 8 heteroatoms. The van der Waals surface area contributed by atoms with Gasteiger partial charge in [-0.3, -0.25) is 0 Å². The number of carboxylic acid groups (broad SMARTS) is 1. The number of rotatable bonds is 3. The number of aromatic nitrogens is 4. The fraction of sp³-hybridized carbons (Fsp3) is 0.368. The summed E-state index contributed by atoms with van der Waals surface area (Å²) in [6.45, 7) is 0. The first-order valence-electron chi connectivity index (χ1n) is 9.09. The predicted octanol–water partition coefficient (Wildman–Crippen LogP) is 4.84. The summed E-state index contributed by atoms with van der Waals surface area (Å²) in [4.78, 5) is 16.6. The van der Waals surface area contributed by atoms with Crippen molar-refractivity contribution in [1.29, 1.82) is 0 Å². The first-order chi connectivity index (χ1) is 13.1. The number of carboxylic acids is 1. The van der Waals surface area contributed by atoms with Crippen LogP contribution < -0.4 is 0 Å². The Balaban J connectivity index is 1.62. The molecule has 2 aliphatic carbocycles. The Morgan fingerprint density at radius 3 is 2.78 bits per heavy atom. The van der Waals surface area contributed by atoms with Crippen LogP contribution in [0.5, 0.6) is 0 Å². The molecule has 3 aromatic rings. The number of carbonyl (C=O) groups is 1. The molecule has 4 heterocycles. The van der Waals surface area contributed by atoms with Crippen LogP contribution in [0.3, 0.4) is 0 Å². The molecular weight excluding hydrogens is 428 g/mol. The molecule has 136 valence electrons. The molecule has 2 aliphatic heterocycles. The minimum absolute atomic E-state index is 0.0831. The van der Waals surface area contributed by atoms with Crippen LogP contribution in [-0.4, -0.2) is 30.8 Å². The predicted molar refractivity (Wildman–Crippen MR) is 104 cm³/mol. The minimum atomic E-state index is -1.01. The maximum Gasteiger partial charge on any atom is 0.356 e. The van der Waals surface area contributed by atoms with Crippen molar-refractivity contribution < 1.29 is 9.90 Å². The topological polar surface area (TPSA) is 80.9 Å². The van der Waals surface area contributed by atoms with E-state index in [-0.39, 0.29) is 11.7 Å². The Hall–Kier alpha value is -2.06. The molecule has 2 aromatic heterocycles. The molecule has 0 unspecified atom stereocenters. The van der Waals surface area contributed by atoms with Crippen LogP contribution in [0.15, 0.2) is 22.7 Å². The molecule has 0 radical (unpaired) electrons. The smallest absolute Gasteiger partial charge is 0.356 e. The third-order valence-electron chi connectivity index (χ3n) is 5.86. The minimum Gasteiger partial charge on any atom is -0.476 e. The van der Waals surface area contributed by atoms with E-state index in [1.807, 2.05) is 0 Å². The standard InChI is InChI=1S/C19H15BrN4O2S/c20-10-3-4-12-9-5-11(6-9)24-15(18-23-22-17(27-18)8-1-2-8)14(19(25)26)21-16(24)13(12)7-10/h3-4,7-9,11H,1-2,5-6H2,(H,25,26). The lowest BCUT2D eigenvalue weighted by atomic mass is 9.75. The highest BCUT2D eigenvalue weighted by atomic mass is 79.9. The molecule has 7 rings (SSSR count). The molecule has 6 nitrogen and oxygen atoms in total. The van der Waals surface area contributed by atoms with Crippen molar-refractivity contribution in [2.24, 2.45) is 0 Å². The van der Waals surface area contributed by atoms with Crippen molar-refractivity contribution in [2.45, 2.75) is 43.6 Å². The molecule has 0 saturated heterocycles. The highest BCUT2D eigenvalue weighted by molar-refractivity contribution is 9.10. The summed E-state index contributed by atoms with van der Waals surface area (Å²) in [6.07, 6.45) is 4.32. The van der Waals surface area contributed by atoms with Gasteiger partial charge in [-0.15, -0.1) is 10.2 Å². The van der Waals surface area contributed by atoms with Gasteiger partial charge in [0.2, 0.25) is 0 Å². The molecule has 2 fully saturated rings. The van der Waals surface area contributed by atoms with E-state index in [9.17, 15) is 9.90 Å². The Kier molecular flexibility index (Phi) is 3.24. The Labute approximate surface area is 167 Å². The average molecular weight is 443 g/mol. The molecule has 0 amide bonds. The summed E-state index contributed by atoms with van der Waals surface area (Å²) < 4.78 is 3.09. The van der Waals surface area contributed by atoms with Crippen LogP contribution in [0.1, 0.15) is 64.6 Å². The molecule has 2 saturated carbocycles. The van der Waals surface area contributed by atoms with Gasteiger partial charge in [0.25, 0.3) is 0 Å². The Morgan fingerprint density at radius 2 is 2.04 bits per heavy atom. The summed E-state index contributed by atoms with van der Waals surface area (Å²) >= 11 is 5.07. The second kappa shape index (κ2) is 5.48. The van der Waals surface area contributed by atoms with Crippen LogP contribution in [0.2, 0.25) is 0 Å². The quantitative estimate of drug-likeness (QED) is 0.627. The lowest BCUT2D eigenvalue weighted by Crippen LogP contribution is -2.23. The van der Waals surface area contributed by atoms with Crippen molar-refractivity contribution in [3.63, 3.8) is 0 Å². The summed E-state index contributed by atoms with van der Waals surface area (Å²) in [6, 6.07) is 6.51. The highest BCUT2D eigenvalue weighted by Crippen LogP contribution is 2.54. The molecule has 1 aromatic carbocycles. The zero-order chi connectivity index (χ0) is 18.3. The van der Waals surface area contributed by atoms with Crippen molar-refractivity contribution in [1.82, 2.24) is 19.7 Å². The van der Waals surface area contributed by atoms with Crippen molar-refractivity contribution in [3.05, 3.63) is 38.9 Å². The fourth-order valence-corrected chi connectivity index (χ4v) is 5.70. The number of benzene rings is 1. The zero-order valence-electron chi connectivity index (χ0n) is 14.2. The van der Waals surface area contributed by atoms with Crippen LogP contribution >= 0.6 is 27.3 Å². The van der Waals surface area contributed by atoms with Gasteiger partial charge >= 0.3 is 5.97 Å². The van der Waals surface area contributed by atoms with E-state index in [0.29, 0.717) is 22.5 Å². The first kappa shape index (κ1) is 15.9. The SMILES string of the molecule is O=C(O)c1nc2n(c1-c1nnc(C3CC3)s1)C1CC(C1)c1ccc(Br)cc1-2. The number of halogens is 1. The van der Waals surface area contributed by atoms with E-state index in [1.54, 1.807) is 0 Å². The second-order valence-corrected chi connectivity index (χ2v) is 9.51. The summed E-state index contributed by atoms with van der Waals surface area (Å²) in [7, 11) is 0. The molecule has 2 bridgehead atoms. The molecule has 1 N–H and O–H groups in total. The molecule has 0 spiro atoms. The average Bonchev–Trinajstić information content (AvgIpc) is 3.26. The number of nitrogens with zero attached hydrogens (tertiary/aromatic N) is 4. The van der Waals surface area contributed by atoms with Gasteiger partial charge in [-0.05, 0) is 49.3 Å². The monoisotopic (exact) mass is 442 g/mol. The van der Waals surface area contributed by atoms with Crippen molar-refractivity contribution >= 4 is 33.2 Å². The first-order valence-corrected chi connectivity index (χ1v) is 10.7. The van der Waals surface area contributed by atoms with E-state index >= 15 is 0 Å². The number of imidazole rings is 1. The molecule has 0 atom stereocenters. The van der Waals surface area contributed by atoms with E-state index in [2.05, 4.69) is 53.9 Å². The summed E-state index contributed by atoms with van der Waals surface area (Å²) in [5, 5.41) is 20.2. The van der Waals surface area contributed by atoms with Gasteiger partial charge < -0.3 is 9.67 Å².